The predicted molar refractivity (Wildman–Crippen MR) is 144 cm³/mol. The number of halogens is 2. The van der Waals surface area contributed by atoms with Crippen LogP contribution in [0.1, 0.15) is 37.7 Å². The fourth-order valence-electron chi connectivity index (χ4n) is 6.30. The Labute approximate surface area is 219 Å². The van der Waals surface area contributed by atoms with E-state index in [0.29, 0.717) is 18.4 Å². The monoisotopic (exact) mass is 512 g/mol. The number of hydrogen-bond donors (Lipinski definition) is 0. The Morgan fingerprint density at radius 1 is 0.944 bits per heavy atom. The molecule has 2 atom stereocenters. The Morgan fingerprint density at radius 3 is 2.42 bits per heavy atom. The molecule has 0 aliphatic carbocycles. The Morgan fingerprint density at radius 2 is 1.69 bits per heavy atom. The highest BCUT2D eigenvalue weighted by Crippen LogP contribution is 2.30. The highest BCUT2D eigenvalue weighted by molar-refractivity contribution is 6.30. The number of rotatable bonds is 7. The average Bonchev–Trinajstić information content (AvgIpc) is 3.43. The largest absolute Gasteiger partial charge is 0.368 e. The molecule has 3 fully saturated rings. The van der Waals surface area contributed by atoms with Crippen LogP contribution < -0.4 is 4.90 Å². The molecular weight excluding hydrogens is 475 g/mol. The number of hydrogen-bond acceptors (Lipinski definition) is 4. The molecule has 36 heavy (non-hydrogen) atoms. The normalized spacial score (nSPS) is 23.8. The summed E-state index contributed by atoms with van der Waals surface area (Å²) < 4.78 is 13.3. The van der Waals surface area contributed by atoms with Crippen molar-refractivity contribution in [2.45, 2.75) is 44.7 Å². The molecule has 7 heteroatoms. The summed E-state index contributed by atoms with van der Waals surface area (Å²) in [4.78, 5) is 22.7. The Balaban J connectivity index is 1.15. The van der Waals surface area contributed by atoms with Gasteiger partial charge >= 0.3 is 0 Å². The third-order valence-corrected chi connectivity index (χ3v) is 8.47. The first-order valence-corrected chi connectivity index (χ1v) is 13.9. The molecule has 0 spiro atoms. The molecule has 0 unspecified atom stereocenters. The minimum atomic E-state index is -0.214. The van der Waals surface area contributed by atoms with E-state index in [1.165, 1.54) is 50.0 Å². The average molecular weight is 513 g/mol. The molecule has 3 heterocycles. The van der Waals surface area contributed by atoms with Gasteiger partial charge in [0.25, 0.3) is 0 Å². The van der Waals surface area contributed by atoms with E-state index in [9.17, 15) is 9.18 Å². The molecule has 0 bridgehead atoms. The maximum Gasteiger partial charge on any atom is 0.222 e. The van der Waals surface area contributed by atoms with Gasteiger partial charge in [0.05, 0.1) is 0 Å². The number of nitrogens with zero attached hydrogens (tertiary/aromatic N) is 4. The van der Waals surface area contributed by atoms with Crippen LogP contribution in [-0.4, -0.2) is 79.0 Å². The molecule has 1 amide bonds. The molecule has 5 rings (SSSR count). The minimum Gasteiger partial charge on any atom is -0.368 e. The van der Waals surface area contributed by atoms with Crippen LogP contribution in [0.4, 0.5) is 10.1 Å². The zero-order valence-electron chi connectivity index (χ0n) is 21.1. The van der Waals surface area contributed by atoms with Crippen LogP contribution >= 0.6 is 11.6 Å². The van der Waals surface area contributed by atoms with E-state index < -0.39 is 0 Å². The lowest BCUT2D eigenvalue weighted by atomic mass is 9.86. The summed E-state index contributed by atoms with van der Waals surface area (Å²) >= 11 is 6.22. The number of carbonyl (C=O) groups is 1. The lowest BCUT2D eigenvalue weighted by Gasteiger charge is -2.43. The fourth-order valence-corrected chi connectivity index (χ4v) is 6.52. The first kappa shape index (κ1) is 25.5. The van der Waals surface area contributed by atoms with Crippen LogP contribution in [-0.2, 0) is 11.3 Å². The highest BCUT2D eigenvalue weighted by Gasteiger charge is 2.35. The van der Waals surface area contributed by atoms with Crippen LogP contribution in [0.25, 0.3) is 0 Å². The number of anilines is 1. The quantitative estimate of drug-likeness (QED) is 0.528. The minimum absolute atomic E-state index is 0.214. The summed E-state index contributed by atoms with van der Waals surface area (Å²) in [7, 11) is 0. The fraction of sp³-hybridized carbons (Fsp3) is 0.552. The summed E-state index contributed by atoms with van der Waals surface area (Å²) in [6.07, 6.45) is 5.34. The first-order valence-electron chi connectivity index (χ1n) is 13.5. The van der Waals surface area contributed by atoms with E-state index >= 15 is 0 Å². The maximum absolute atomic E-state index is 13.3. The second kappa shape index (κ2) is 11.9. The van der Waals surface area contributed by atoms with Crippen molar-refractivity contribution in [3.05, 3.63) is 64.9 Å². The van der Waals surface area contributed by atoms with Crippen molar-refractivity contribution in [2.75, 3.05) is 57.3 Å². The second-order valence-electron chi connectivity index (χ2n) is 10.6. The van der Waals surface area contributed by atoms with Gasteiger partial charge in [-0.15, -0.1) is 0 Å². The molecule has 3 aliphatic heterocycles. The van der Waals surface area contributed by atoms with E-state index in [1.807, 2.05) is 29.2 Å². The van der Waals surface area contributed by atoms with Crippen LogP contribution in [0.15, 0.2) is 48.5 Å². The standard InChI is InChI=1S/C29H38ClFN4O/c30-25-5-3-4-23(20-25)21-32-15-12-28(34-13-1-2-14-34)24(22-32)6-11-29(36)35-18-16-33(17-19-35)27-9-7-26(31)8-10-27/h3-5,7-10,20,24,28H,1-2,6,11-19,21-22H2/t24-,28+/m0/s1. The number of amides is 1. The zero-order chi connectivity index (χ0) is 24.9. The number of piperidine rings is 1. The lowest BCUT2D eigenvalue weighted by molar-refractivity contribution is -0.132. The SMILES string of the molecule is O=C(CC[C@H]1CN(Cc2cccc(Cl)c2)CC[C@H]1N1CCCC1)N1CCN(c2ccc(F)cc2)CC1. The molecule has 3 saturated heterocycles. The van der Waals surface area contributed by atoms with Crippen LogP contribution in [0.5, 0.6) is 0 Å². The van der Waals surface area contributed by atoms with Crippen LogP contribution in [0.2, 0.25) is 5.02 Å². The third kappa shape index (κ3) is 6.39. The summed E-state index contributed by atoms with van der Waals surface area (Å²) in [5.41, 5.74) is 2.29. The molecular formula is C29H38ClFN4O. The molecule has 0 N–H and O–H groups in total. The van der Waals surface area contributed by atoms with Crippen LogP contribution in [0, 0.1) is 11.7 Å². The van der Waals surface area contributed by atoms with Crippen molar-refractivity contribution in [1.82, 2.24) is 14.7 Å². The van der Waals surface area contributed by atoms with Gasteiger partial charge in [-0.05, 0) is 93.2 Å². The lowest BCUT2D eigenvalue weighted by Crippen LogP contribution is -2.51. The Hall–Kier alpha value is -2.15. The van der Waals surface area contributed by atoms with Gasteiger partial charge in [0.1, 0.15) is 5.82 Å². The first-order chi connectivity index (χ1) is 17.5. The van der Waals surface area contributed by atoms with Crippen molar-refractivity contribution in [3.63, 3.8) is 0 Å². The Bertz CT molecular complexity index is 1000. The molecule has 0 saturated carbocycles. The van der Waals surface area contributed by atoms with Crippen molar-refractivity contribution >= 4 is 23.2 Å². The van der Waals surface area contributed by atoms with E-state index in [2.05, 4.69) is 26.8 Å². The third-order valence-electron chi connectivity index (χ3n) is 8.24. The van der Waals surface area contributed by atoms with Crippen LogP contribution in [0.3, 0.4) is 0 Å². The molecule has 2 aromatic rings. The van der Waals surface area contributed by atoms with Gasteiger partial charge in [-0.2, -0.15) is 0 Å². The molecule has 0 radical (unpaired) electrons. The number of piperazine rings is 1. The van der Waals surface area contributed by atoms with E-state index in [4.69, 9.17) is 11.6 Å². The second-order valence-corrected chi connectivity index (χ2v) is 11.0. The highest BCUT2D eigenvalue weighted by atomic mass is 35.5. The molecule has 194 valence electrons. The predicted octanol–water partition coefficient (Wildman–Crippen LogP) is 4.89. The van der Waals surface area contributed by atoms with E-state index in [0.717, 1.165) is 62.9 Å². The van der Waals surface area contributed by atoms with Gasteiger partial charge in [0.2, 0.25) is 5.91 Å². The van der Waals surface area contributed by atoms with E-state index in [-0.39, 0.29) is 11.7 Å². The van der Waals surface area contributed by atoms with Crippen molar-refractivity contribution in [3.8, 4) is 0 Å². The van der Waals surface area contributed by atoms with Crippen molar-refractivity contribution in [2.24, 2.45) is 5.92 Å². The molecule has 2 aromatic carbocycles. The van der Waals surface area contributed by atoms with Gasteiger partial charge in [-0.25, -0.2) is 4.39 Å². The zero-order valence-corrected chi connectivity index (χ0v) is 21.9. The molecule has 5 nitrogen and oxygen atoms in total. The van der Waals surface area contributed by atoms with Crippen molar-refractivity contribution in [1.29, 1.82) is 0 Å². The summed E-state index contributed by atoms with van der Waals surface area (Å²) in [6, 6.07) is 15.4. The van der Waals surface area contributed by atoms with Gasteiger partial charge in [-0.3, -0.25) is 9.69 Å². The summed E-state index contributed by atoms with van der Waals surface area (Å²) in [5, 5.41) is 0.793. The molecule has 0 aromatic heterocycles. The van der Waals surface area contributed by atoms with E-state index in [1.54, 1.807) is 0 Å². The van der Waals surface area contributed by atoms with Gasteiger partial charge in [0, 0.05) is 62.4 Å². The molecule has 3 aliphatic rings. The summed E-state index contributed by atoms with van der Waals surface area (Å²) in [5.74, 6) is 0.579. The number of carbonyl (C=O) groups excluding carboxylic acids is 1. The number of likely N-dealkylation sites (tertiary alicyclic amines) is 2. The summed E-state index contributed by atoms with van der Waals surface area (Å²) in [6.45, 7) is 8.53. The Kier molecular flexibility index (Phi) is 8.45. The van der Waals surface area contributed by atoms with Crippen molar-refractivity contribution < 1.29 is 9.18 Å². The topological polar surface area (TPSA) is 30.0 Å². The smallest absolute Gasteiger partial charge is 0.222 e. The number of benzene rings is 2. The van der Waals surface area contributed by atoms with Gasteiger partial charge in [0.15, 0.2) is 0 Å². The van der Waals surface area contributed by atoms with Gasteiger partial charge < -0.3 is 14.7 Å². The van der Waals surface area contributed by atoms with Gasteiger partial charge in [-0.1, -0.05) is 23.7 Å². The maximum atomic E-state index is 13.3.